The van der Waals surface area contributed by atoms with Gasteiger partial charge in [0.1, 0.15) is 0 Å². The van der Waals surface area contributed by atoms with E-state index >= 15 is 0 Å². The molecule has 3 fully saturated rings. The monoisotopic (exact) mass is 251 g/mol. The van der Waals surface area contributed by atoms with E-state index in [2.05, 4.69) is 36.0 Å². The summed E-state index contributed by atoms with van der Waals surface area (Å²) in [7, 11) is 2.12. The second-order valence-electron chi connectivity index (χ2n) is 6.69. The van der Waals surface area contributed by atoms with Crippen LogP contribution in [0.2, 0.25) is 0 Å². The van der Waals surface area contributed by atoms with Gasteiger partial charge in [0.2, 0.25) is 0 Å². The molecule has 0 aromatic rings. The summed E-state index contributed by atoms with van der Waals surface area (Å²) in [5, 5.41) is 3.50. The van der Waals surface area contributed by atoms with Crippen LogP contribution in [0.4, 0.5) is 0 Å². The average Bonchev–Trinajstić information content (AvgIpc) is 3.12. The Kier molecular flexibility index (Phi) is 3.65. The molecule has 18 heavy (non-hydrogen) atoms. The highest BCUT2D eigenvalue weighted by atomic mass is 15.3. The first-order valence-electron chi connectivity index (χ1n) is 7.87. The van der Waals surface area contributed by atoms with Crippen LogP contribution >= 0.6 is 0 Å². The molecule has 1 saturated carbocycles. The summed E-state index contributed by atoms with van der Waals surface area (Å²) in [6.07, 6.45) is 5.64. The second-order valence-corrected chi connectivity index (χ2v) is 6.69. The molecule has 4 unspecified atom stereocenters. The predicted molar refractivity (Wildman–Crippen MR) is 75.8 cm³/mol. The molecule has 1 N–H and O–H groups in total. The molecule has 3 rings (SSSR count). The summed E-state index contributed by atoms with van der Waals surface area (Å²) >= 11 is 0. The first-order chi connectivity index (χ1) is 8.70. The molecule has 3 aliphatic rings. The van der Waals surface area contributed by atoms with Crippen LogP contribution < -0.4 is 5.32 Å². The molecule has 4 atom stereocenters. The molecule has 2 aliphatic heterocycles. The zero-order chi connectivity index (χ0) is 12.7. The van der Waals surface area contributed by atoms with Gasteiger partial charge in [-0.2, -0.15) is 0 Å². The third-order valence-corrected chi connectivity index (χ3v) is 5.71. The Morgan fingerprint density at radius 3 is 2.39 bits per heavy atom. The van der Waals surface area contributed by atoms with Crippen molar-refractivity contribution in [3.8, 4) is 0 Å². The minimum atomic E-state index is 0.720. The Morgan fingerprint density at radius 2 is 1.72 bits per heavy atom. The van der Waals surface area contributed by atoms with Gasteiger partial charge in [-0.3, -0.25) is 9.80 Å². The third-order valence-electron chi connectivity index (χ3n) is 5.71. The van der Waals surface area contributed by atoms with E-state index in [4.69, 9.17) is 0 Å². The summed E-state index contributed by atoms with van der Waals surface area (Å²) in [5.74, 6) is 0.777. The lowest BCUT2D eigenvalue weighted by Gasteiger charge is -2.45. The van der Waals surface area contributed by atoms with Gasteiger partial charge in [0.25, 0.3) is 0 Å². The highest BCUT2D eigenvalue weighted by Crippen LogP contribution is 2.33. The molecule has 0 amide bonds. The van der Waals surface area contributed by atoms with Gasteiger partial charge in [0, 0.05) is 43.8 Å². The second kappa shape index (κ2) is 5.10. The fourth-order valence-electron chi connectivity index (χ4n) is 4.13. The zero-order valence-electron chi connectivity index (χ0n) is 12.2. The van der Waals surface area contributed by atoms with Crippen molar-refractivity contribution in [3.63, 3.8) is 0 Å². The van der Waals surface area contributed by atoms with Crippen LogP contribution in [0.25, 0.3) is 0 Å². The summed E-state index contributed by atoms with van der Waals surface area (Å²) < 4.78 is 0. The molecule has 0 radical (unpaired) electrons. The van der Waals surface area contributed by atoms with E-state index in [0.29, 0.717) is 0 Å². The van der Waals surface area contributed by atoms with Gasteiger partial charge < -0.3 is 5.32 Å². The van der Waals surface area contributed by atoms with Gasteiger partial charge in [-0.1, -0.05) is 6.92 Å². The zero-order valence-corrected chi connectivity index (χ0v) is 12.2. The molecule has 2 saturated heterocycles. The van der Waals surface area contributed by atoms with Crippen LogP contribution in [-0.4, -0.2) is 60.6 Å². The van der Waals surface area contributed by atoms with Crippen molar-refractivity contribution in [2.24, 2.45) is 5.92 Å². The fourth-order valence-corrected chi connectivity index (χ4v) is 4.13. The predicted octanol–water partition coefficient (Wildman–Crippen LogP) is 1.54. The molecule has 3 heteroatoms. The van der Waals surface area contributed by atoms with E-state index in [1.165, 1.54) is 45.3 Å². The van der Waals surface area contributed by atoms with Crippen LogP contribution in [0.15, 0.2) is 0 Å². The Bertz CT molecular complexity index is 289. The maximum atomic E-state index is 3.50. The average molecular weight is 251 g/mol. The number of rotatable bonds is 3. The van der Waals surface area contributed by atoms with Gasteiger partial charge in [-0.25, -0.2) is 0 Å². The first kappa shape index (κ1) is 12.9. The van der Waals surface area contributed by atoms with Crippen LogP contribution in [0.5, 0.6) is 0 Å². The SMILES string of the molecule is CNC1CCN(C2CCN(C3CC3)C2)C(C)C1C. The van der Waals surface area contributed by atoms with E-state index < -0.39 is 0 Å². The Labute approximate surface area is 112 Å². The van der Waals surface area contributed by atoms with Gasteiger partial charge in [0.05, 0.1) is 0 Å². The van der Waals surface area contributed by atoms with Crippen LogP contribution in [-0.2, 0) is 0 Å². The minimum absolute atomic E-state index is 0.720. The molecule has 0 aromatic heterocycles. The van der Waals surface area contributed by atoms with E-state index in [1.807, 2.05) is 0 Å². The number of hydrogen-bond acceptors (Lipinski definition) is 3. The molecular formula is C15H29N3. The summed E-state index contributed by atoms with van der Waals surface area (Å²) in [5.41, 5.74) is 0. The van der Waals surface area contributed by atoms with Crippen LogP contribution in [0.3, 0.4) is 0 Å². The Morgan fingerprint density at radius 1 is 0.944 bits per heavy atom. The van der Waals surface area contributed by atoms with E-state index in [1.54, 1.807) is 0 Å². The standard InChI is InChI=1S/C15H29N3/c1-11-12(2)18(9-7-15(11)16-3)14-6-8-17(10-14)13-4-5-13/h11-16H,4-10H2,1-3H3. The number of nitrogens with one attached hydrogen (secondary N) is 1. The van der Waals surface area contributed by atoms with Crippen LogP contribution in [0.1, 0.15) is 39.5 Å². The molecule has 0 aromatic carbocycles. The molecule has 2 heterocycles. The fraction of sp³-hybridized carbons (Fsp3) is 1.00. The summed E-state index contributed by atoms with van der Waals surface area (Å²) in [6.45, 7) is 8.84. The molecular weight excluding hydrogens is 222 g/mol. The van der Waals surface area contributed by atoms with Crippen molar-refractivity contribution in [2.75, 3.05) is 26.7 Å². The largest absolute Gasteiger partial charge is 0.317 e. The summed E-state index contributed by atoms with van der Waals surface area (Å²) in [4.78, 5) is 5.55. The quantitative estimate of drug-likeness (QED) is 0.821. The van der Waals surface area contributed by atoms with Gasteiger partial charge in [-0.05, 0) is 45.6 Å². The number of hydrogen-bond donors (Lipinski definition) is 1. The van der Waals surface area contributed by atoms with E-state index in [0.717, 1.165) is 30.1 Å². The first-order valence-corrected chi connectivity index (χ1v) is 7.87. The topological polar surface area (TPSA) is 18.5 Å². The van der Waals surface area contributed by atoms with Crippen molar-refractivity contribution in [2.45, 2.75) is 63.7 Å². The van der Waals surface area contributed by atoms with E-state index in [-0.39, 0.29) is 0 Å². The van der Waals surface area contributed by atoms with Gasteiger partial charge >= 0.3 is 0 Å². The molecule has 1 aliphatic carbocycles. The van der Waals surface area contributed by atoms with Gasteiger partial charge in [0.15, 0.2) is 0 Å². The van der Waals surface area contributed by atoms with Crippen molar-refractivity contribution in [1.29, 1.82) is 0 Å². The van der Waals surface area contributed by atoms with Crippen molar-refractivity contribution < 1.29 is 0 Å². The molecule has 104 valence electrons. The molecule has 0 bridgehead atoms. The third kappa shape index (κ3) is 2.33. The van der Waals surface area contributed by atoms with Crippen molar-refractivity contribution in [1.82, 2.24) is 15.1 Å². The number of nitrogens with zero attached hydrogens (tertiary/aromatic N) is 2. The Balaban J connectivity index is 1.59. The minimum Gasteiger partial charge on any atom is -0.317 e. The lowest BCUT2D eigenvalue weighted by atomic mass is 9.86. The molecule has 3 nitrogen and oxygen atoms in total. The number of likely N-dealkylation sites (tertiary alicyclic amines) is 2. The van der Waals surface area contributed by atoms with Crippen molar-refractivity contribution >= 4 is 0 Å². The maximum absolute atomic E-state index is 3.50. The lowest BCUT2D eigenvalue weighted by Crippen LogP contribution is -2.56. The Hall–Kier alpha value is -0.120. The normalized spacial score (nSPS) is 43.5. The number of piperidine rings is 1. The highest BCUT2D eigenvalue weighted by molar-refractivity contribution is 4.97. The van der Waals surface area contributed by atoms with Crippen LogP contribution in [0, 0.1) is 5.92 Å². The highest BCUT2D eigenvalue weighted by Gasteiger charge is 2.40. The lowest BCUT2D eigenvalue weighted by molar-refractivity contribution is 0.0509. The molecule has 0 spiro atoms. The maximum Gasteiger partial charge on any atom is 0.0238 e. The van der Waals surface area contributed by atoms with Gasteiger partial charge in [-0.15, -0.1) is 0 Å². The van der Waals surface area contributed by atoms with Crippen molar-refractivity contribution in [3.05, 3.63) is 0 Å². The van der Waals surface area contributed by atoms with E-state index in [9.17, 15) is 0 Å². The summed E-state index contributed by atoms with van der Waals surface area (Å²) in [6, 6.07) is 3.25. The smallest absolute Gasteiger partial charge is 0.0238 e.